The molecular formula is C25H29N3O2. The molecule has 2 heterocycles. The van der Waals surface area contributed by atoms with E-state index in [0.29, 0.717) is 6.42 Å². The molecule has 0 bridgehead atoms. The molecule has 2 aliphatic heterocycles. The van der Waals surface area contributed by atoms with Crippen molar-refractivity contribution >= 4 is 12.2 Å². The molecule has 0 aliphatic carbocycles. The molecule has 5 nitrogen and oxygen atoms in total. The molecule has 4 rings (SSSR count). The van der Waals surface area contributed by atoms with Crippen LogP contribution in [0.25, 0.3) is 0 Å². The Labute approximate surface area is 178 Å². The summed E-state index contributed by atoms with van der Waals surface area (Å²) in [6.45, 7) is 3.89. The maximum absolute atomic E-state index is 10.8. The Hall–Kier alpha value is -2.92. The molecule has 2 unspecified atom stereocenters. The Morgan fingerprint density at radius 2 is 1.90 bits per heavy atom. The summed E-state index contributed by atoms with van der Waals surface area (Å²) in [4.78, 5) is 17.9. The minimum Gasteiger partial charge on any atom is -0.481 e. The fraction of sp³-hybridized carbons (Fsp3) is 0.360. The van der Waals surface area contributed by atoms with Crippen LogP contribution in [0, 0.1) is 0 Å². The standard InChI is InChI=1S/C25H29N3O2/c1-18(7-12-24(29)30)28-14-13-23-22(17-28)16-26-25(27-23)21-10-8-20(9-11-21)15-19-5-3-2-4-6-19/h2-6,8-11,16,18,25,27H,7,12-15,17H2,1H3,(H,29,30). The molecule has 0 fully saturated rings. The fourth-order valence-electron chi connectivity index (χ4n) is 4.17. The zero-order valence-electron chi connectivity index (χ0n) is 17.4. The van der Waals surface area contributed by atoms with Crippen molar-refractivity contribution in [3.05, 3.63) is 82.6 Å². The molecule has 0 radical (unpaired) electrons. The summed E-state index contributed by atoms with van der Waals surface area (Å²) >= 11 is 0. The van der Waals surface area contributed by atoms with Crippen molar-refractivity contribution in [3.8, 4) is 0 Å². The second kappa shape index (κ2) is 9.26. The Bertz CT molecular complexity index is 935. The summed E-state index contributed by atoms with van der Waals surface area (Å²) < 4.78 is 0. The van der Waals surface area contributed by atoms with Crippen molar-refractivity contribution in [2.24, 2.45) is 4.99 Å². The van der Waals surface area contributed by atoms with E-state index in [0.717, 1.165) is 25.9 Å². The van der Waals surface area contributed by atoms with Gasteiger partial charge in [0.2, 0.25) is 0 Å². The van der Waals surface area contributed by atoms with Crippen LogP contribution in [-0.2, 0) is 11.2 Å². The lowest BCUT2D eigenvalue weighted by atomic mass is 9.99. The van der Waals surface area contributed by atoms with Gasteiger partial charge in [0.1, 0.15) is 6.17 Å². The molecule has 2 aromatic rings. The zero-order chi connectivity index (χ0) is 20.9. The van der Waals surface area contributed by atoms with E-state index in [-0.39, 0.29) is 18.6 Å². The first kappa shape index (κ1) is 20.4. The number of carboxylic acids is 1. The van der Waals surface area contributed by atoms with E-state index < -0.39 is 5.97 Å². The van der Waals surface area contributed by atoms with Gasteiger partial charge in [0.05, 0.1) is 0 Å². The lowest BCUT2D eigenvalue weighted by Gasteiger charge is -2.37. The molecule has 0 aromatic heterocycles. The highest BCUT2D eigenvalue weighted by atomic mass is 16.4. The molecule has 0 saturated carbocycles. The second-order valence-electron chi connectivity index (χ2n) is 8.23. The minimum absolute atomic E-state index is 0.0366. The van der Waals surface area contributed by atoms with E-state index in [1.807, 2.05) is 12.3 Å². The monoisotopic (exact) mass is 403 g/mol. The summed E-state index contributed by atoms with van der Waals surface area (Å²) in [7, 11) is 0. The Kier molecular flexibility index (Phi) is 6.29. The molecule has 156 valence electrons. The van der Waals surface area contributed by atoms with Crippen LogP contribution in [0.3, 0.4) is 0 Å². The van der Waals surface area contributed by atoms with Crippen LogP contribution in [-0.4, -0.2) is 41.3 Å². The number of carboxylic acid groups (broad SMARTS) is 1. The van der Waals surface area contributed by atoms with Gasteiger partial charge in [-0.05, 0) is 36.5 Å². The maximum atomic E-state index is 10.8. The average Bonchev–Trinajstić information content (AvgIpc) is 2.78. The van der Waals surface area contributed by atoms with Crippen LogP contribution in [0.1, 0.15) is 49.0 Å². The van der Waals surface area contributed by atoms with Gasteiger partial charge >= 0.3 is 5.97 Å². The zero-order valence-corrected chi connectivity index (χ0v) is 17.4. The first-order valence-corrected chi connectivity index (χ1v) is 10.7. The van der Waals surface area contributed by atoms with Gasteiger partial charge in [0.25, 0.3) is 0 Å². The fourth-order valence-corrected chi connectivity index (χ4v) is 4.17. The summed E-state index contributed by atoms with van der Waals surface area (Å²) in [5.41, 5.74) is 6.28. The van der Waals surface area contributed by atoms with Crippen LogP contribution < -0.4 is 5.32 Å². The molecule has 0 spiro atoms. The van der Waals surface area contributed by atoms with Gasteiger partial charge in [-0.2, -0.15) is 0 Å². The molecule has 2 aromatic carbocycles. The number of carbonyl (C=O) groups is 1. The van der Waals surface area contributed by atoms with Gasteiger partial charge < -0.3 is 10.4 Å². The smallest absolute Gasteiger partial charge is 0.303 e. The Morgan fingerprint density at radius 1 is 1.17 bits per heavy atom. The predicted molar refractivity (Wildman–Crippen MR) is 120 cm³/mol. The first-order chi connectivity index (χ1) is 14.6. The number of nitrogens with one attached hydrogen (secondary N) is 1. The van der Waals surface area contributed by atoms with Crippen LogP contribution in [0.4, 0.5) is 0 Å². The van der Waals surface area contributed by atoms with Gasteiger partial charge in [0.15, 0.2) is 0 Å². The molecule has 30 heavy (non-hydrogen) atoms. The summed E-state index contributed by atoms with van der Waals surface area (Å²) in [6, 6.07) is 19.5. The summed E-state index contributed by atoms with van der Waals surface area (Å²) in [5.74, 6) is -0.725. The second-order valence-corrected chi connectivity index (χ2v) is 8.23. The van der Waals surface area contributed by atoms with Gasteiger partial charge in [-0.15, -0.1) is 0 Å². The van der Waals surface area contributed by atoms with E-state index >= 15 is 0 Å². The van der Waals surface area contributed by atoms with E-state index in [1.165, 1.54) is 28.0 Å². The van der Waals surface area contributed by atoms with Crippen molar-refractivity contribution in [2.75, 3.05) is 13.1 Å². The van der Waals surface area contributed by atoms with Crippen LogP contribution in [0.5, 0.6) is 0 Å². The Morgan fingerprint density at radius 3 is 2.63 bits per heavy atom. The SMILES string of the molecule is CC(CCC(=O)O)N1CCC2=C(C=NC(c3ccc(Cc4ccccc4)cc3)N2)C1. The van der Waals surface area contributed by atoms with Gasteiger partial charge in [-0.3, -0.25) is 14.7 Å². The van der Waals surface area contributed by atoms with Crippen molar-refractivity contribution in [2.45, 2.75) is 44.8 Å². The highest BCUT2D eigenvalue weighted by Gasteiger charge is 2.26. The van der Waals surface area contributed by atoms with Crippen LogP contribution in [0.2, 0.25) is 0 Å². The van der Waals surface area contributed by atoms with E-state index in [2.05, 4.69) is 65.7 Å². The minimum atomic E-state index is -0.725. The van der Waals surface area contributed by atoms with Crippen molar-refractivity contribution in [1.82, 2.24) is 10.2 Å². The maximum Gasteiger partial charge on any atom is 0.303 e. The third-order valence-electron chi connectivity index (χ3n) is 6.05. The number of aliphatic imine (C=N–C) groups is 1. The number of hydrogen-bond acceptors (Lipinski definition) is 4. The highest BCUT2D eigenvalue weighted by Crippen LogP contribution is 2.27. The molecule has 2 aliphatic rings. The largest absolute Gasteiger partial charge is 0.481 e. The number of nitrogens with zero attached hydrogens (tertiary/aromatic N) is 2. The van der Waals surface area contributed by atoms with E-state index in [4.69, 9.17) is 10.1 Å². The Balaban J connectivity index is 1.35. The summed E-state index contributed by atoms with van der Waals surface area (Å²) in [5, 5.41) is 12.5. The molecule has 2 atom stereocenters. The average molecular weight is 404 g/mol. The highest BCUT2D eigenvalue weighted by molar-refractivity contribution is 5.81. The summed E-state index contributed by atoms with van der Waals surface area (Å²) in [6.07, 6.45) is 4.75. The van der Waals surface area contributed by atoms with Gasteiger partial charge in [-0.25, -0.2) is 0 Å². The topological polar surface area (TPSA) is 64.9 Å². The molecule has 0 saturated heterocycles. The van der Waals surface area contributed by atoms with Crippen molar-refractivity contribution in [1.29, 1.82) is 0 Å². The number of benzene rings is 2. The van der Waals surface area contributed by atoms with Crippen molar-refractivity contribution in [3.63, 3.8) is 0 Å². The molecular weight excluding hydrogens is 374 g/mol. The molecule has 5 heteroatoms. The van der Waals surface area contributed by atoms with E-state index in [1.54, 1.807) is 0 Å². The van der Waals surface area contributed by atoms with E-state index in [9.17, 15) is 4.79 Å². The van der Waals surface area contributed by atoms with Crippen molar-refractivity contribution < 1.29 is 9.90 Å². The number of hydrogen-bond donors (Lipinski definition) is 2. The number of aliphatic carboxylic acids is 1. The predicted octanol–water partition coefficient (Wildman–Crippen LogP) is 4.16. The lowest BCUT2D eigenvalue weighted by Crippen LogP contribution is -2.42. The third kappa shape index (κ3) is 4.97. The molecule has 2 N–H and O–H groups in total. The quantitative estimate of drug-likeness (QED) is 0.729. The van der Waals surface area contributed by atoms with Crippen LogP contribution >= 0.6 is 0 Å². The lowest BCUT2D eigenvalue weighted by molar-refractivity contribution is -0.137. The normalized spacial score (nSPS) is 19.8. The molecule has 0 amide bonds. The third-order valence-corrected chi connectivity index (χ3v) is 6.05. The van der Waals surface area contributed by atoms with Gasteiger partial charge in [-0.1, -0.05) is 54.6 Å². The van der Waals surface area contributed by atoms with Crippen LogP contribution in [0.15, 0.2) is 70.9 Å². The first-order valence-electron chi connectivity index (χ1n) is 10.7. The number of rotatable bonds is 7. The van der Waals surface area contributed by atoms with Gasteiger partial charge in [0, 0.05) is 49.5 Å².